The number of aromatic nitrogens is 2. The molecule has 7 heteroatoms. The Kier molecular flexibility index (Phi) is 5.08. The number of pyridine rings is 2. The number of piperazine rings is 1. The van der Waals surface area contributed by atoms with Crippen LogP contribution in [0.3, 0.4) is 0 Å². The highest BCUT2D eigenvalue weighted by Gasteiger charge is 2.16. The van der Waals surface area contributed by atoms with Crippen molar-refractivity contribution in [3.8, 4) is 0 Å². The van der Waals surface area contributed by atoms with Crippen molar-refractivity contribution in [1.29, 1.82) is 0 Å². The molecule has 3 aromatic rings. The number of likely N-dealkylation sites (N-methyl/N-ethyl adjacent to an activating group) is 1. The van der Waals surface area contributed by atoms with Gasteiger partial charge in [0.15, 0.2) is 0 Å². The van der Waals surface area contributed by atoms with E-state index in [-0.39, 0.29) is 11.5 Å². The number of rotatable bonds is 4. The van der Waals surface area contributed by atoms with E-state index in [0.29, 0.717) is 17.6 Å². The number of amides is 1. The number of hydrogen-bond acceptors (Lipinski definition) is 5. The van der Waals surface area contributed by atoms with Crippen LogP contribution in [0.15, 0.2) is 53.5 Å². The Morgan fingerprint density at radius 1 is 1.14 bits per heavy atom. The number of fused-ring (bicyclic) bond motifs is 1. The quantitative estimate of drug-likeness (QED) is 0.722. The van der Waals surface area contributed by atoms with E-state index < -0.39 is 0 Å². The number of carbonyl (C=O) groups is 1. The van der Waals surface area contributed by atoms with E-state index in [1.54, 1.807) is 12.3 Å². The lowest BCUT2D eigenvalue weighted by atomic mass is 10.1. The monoisotopic (exact) mass is 377 g/mol. The first kappa shape index (κ1) is 18.2. The molecule has 0 radical (unpaired) electrons. The minimum absolute atomic E-state index is 0.264. The highest BCUT2D eigenvalue weighted by molar-refractivity contribution is 6.05. The summed E-state index contributed by atoms with van der Waals surface area (Å²) in [6.07, 6.45) is 1.78. The number of H-pyrrole nitrogens is 1. The molecule has 1 aliphatic rings. The van der Waals surface area contributed by atoms with Crippen LogP contribution >= 0.6 is 0 Å². The van der Waals surface area contributed by atoms with Crippen LogP contribution in [0.5, 0.6) is 0 Å². The van der Waals surface area contributed by atoms with Gasteiger partial charge in [-0.2, -0.15) is 0 Å². The first-order valence-corrected chi connectivity index (χ1v) is 9.39. The van der Waals surface area contributed by atoms with Crippen molar-refractivity contribution in [2.45, 2.75) is 6.54 Å². The Labute approximate surface area is 163 Å². The van der Waals surface area contributed by atoms with Crippen molar-refractivity contribution < 1.29 is 4.79 Å². The van der Waals surface area contributed by atoms with Gasteiger partial charge in [-0.3, -0.25) is 9.59 Å². The molecule has 0 spiro atoms. The molecule has 1 aromatic carbocycles. The number of para-hydroxylation sites is 1. The summed E-state index contributed by atoms with van der Waals surface area (Å²) in [6.45, 7) is 4.29. The number of anilines is 1. The Morgan fingerprint density at radius 3 is 2.75 bits per heavy atom. The zero-order chi connectivity index (χ0) is 19.5. The lowest BCUT2D eigenvalue weighted by Gasteiger charge is -2.33. The normalized spacial score (nSPS) is 15.0. The number of hydrogen-bond donors (Lipinski definition) is 2. The highest BCUT2D eigenvalue weighted by atomic mass is 16.2. The van der Waals surface area contributed by atoms with Crippen molar-refractivity contribution in [1.82, 2.24) is 20.2 Å². The van der Waals surface area contributed by atoms with Crippen LogP contribution in [-0.4, -0.2) is 54.0 Å². The molecule has 1 fully saturated rings. The Bertz CT molecular complexity index is 1050. The summed E-state index contributed by atoms with van der Waals surface area (Å²) in [6, 6.07) is 12.6. The number of nitrogens with zero attached hydrogens (tertiary/aromatic N) is 3. The van der Waals surface area contributed by atoms with Crippen LogP contribution in [0.2, 0.25) is 0 Å². The molecule has 0 saturated carbocycles. The van der Waals surface area contributed by atoms with Crippen molar-refractivity contribution in [3.05, 3.63) is 70.1 Å². The van der Waals surface area contributed by atoms with Gasteiger partial charge in [0.1, 0.15) is 5.82 Å². The van der Waals surface area contributed by atoms with Crippen molar-refractivity contribution in [2.24, 2.45) is 0 Å². The van der Waals surface area contributed by atoms with Gasteiger partial charge in [0.05, 0.1) is 5.56 Å². The molecule has 0 aliphatic carbocycles. The second kappa shape index (κ2) is 7.82. The molecule has 0 atom stereocenters. The average molecular weight is 377 g/mol. The largest absolute Gasteiger partial charge is 0.354 e. The lowest BCUT2D eigenvalue weighted by Crippen LogP contribution is -2.44. The third-order valence-electron chi connectivity index (χ3n) is 5.09. The summed E-state index contributed by atoms with van der Waals surface area (Å²) >= 11 is 0. The van der Waals surface area contributed by atoms with Crippen LogP contribution in [0.1, 0.15) is 15.9 Å². The molecule has 0 bridgehead atoms. The minimum Gasteiger partial charge on any atom is -0.354 e. The van der Waals surface area contributed by atoms with Crippen LogP contribution in [-0.2, 0) is 6.54 Å². The predicted octanol–water partition coefficient (Wildman–Crippen LogP) is 1.60. The standard InChI is InChI=1S/C21H23N5O2/c1-25-8-10-26(11-9-25)19-12-15(6-7-22-19)14-23-21(28)17-13-20(27)24-18-5-3-2-4-16(17)18/h2-7,12-13H,8-11,14H2,1H3,(H,23,28)(H,24,27). The van der Waals surface area contributed by atoms with E-state index in [1.165, 1.54) is 6.07 Å². The number of benzene rings is 1. The first-order valence-electron chi connectivity index (χ1n) is 9.39. The molecule has 28 heavy (non-hydrogen) atoms. The highest BCUT2D eigenvalue weighted by Crippen LogP contribution is 2.16. The van der Waals surface area contributed by atoms with Gasteiger partial charge in [0.2, 0.25) is 5.56 Å². The maximum absolute atomic E-state index is 12.7. The zero-order valence-corrected chi connectivity index (χ0v) is 15.8. The summed E-state index contributed by atoms with van der Waals surface area (Å²) in [4.78, 5) is 36.4. The van der Waals surface area contributed by atoms with Gasteiger partial charge in [-0.25, -0.2) is 4.98 Å². The Balaban J connectivity index is 1.49. The van der Waals surface area contributed by atoms with Crippen molar-refractivity contribution in [3.63, 3.8) is 0 Å². The molecule has 1 amide bonds. The van der Waals surface area contributed by atoms with Crippen LogP contribution in [0.25, 0.3) is 10.9 Å². The molecule has 144 valence electrons. The number of carbonyl (C=O) groups excluding carboxylic acids is 1. The first-order chi connectivity index (χ1) is 13.6. The molecule has 1 aliphatic heterocycles. The summed E-state index contributed by atoms with van der Waals surface area (Å²) in [5.41, 5.74) is 1.73. The molecule has 4 rings (SSSR count). The van der Waals surface area contributed by atoms with Gasteiger partial charge in [-0.15, -0.1) is 0 Å². The summed E-state index contributed by atoms with van der Waals surface area (Å²) < 4.78 is 0. The van der Waals surface area contributed by atoms with Gasteiger partial charge < -0.3 is 20.1 Å². The van der Waals surface area contributed by atoms with Gasteiger partial charge in [-0.1, -0.05) is 18.2 Å². The van der Waals surface area contributed by atoms with Crippen molar-refractivity contribution in [2.75, 3.05) is 38.1 Å². The summed E-state index contributed by atoms with van der Waals surface area (Å²) in [7, 11) is 2.12. The fourth-order valence-corrected chi connectivity index (χ4v) is 3.45. The molecule has 2 aromatic heterocycles. The number of nitrogens with one attached hydrogen (secondary N) is 2. The van der Waals surface area contributed by atoms with Gasteiger partial charge in [-0.05, 0) is 30.8 Å². The van der Waals surface area contributed by atoms with Crippen LogP contribution in [0.4, 0.5) is 5.82 Å². The molecule has 1 saturated heterocycles. The molecule has 2 N–H and O–H groups in total. The van der Waals surface area contributed by atoms with E-state index in [9.17, 15) is 9.59 Å². The maximum Gasteiger partial charge on any atom is 0.252 e. The fourth-order valence-electron chi connectivity index (χ4n) is 3.45. The molecular weight excluding hydrogens is 354 g/mol. The predicted molar refractivity (Wildman–Crippen MR) is 110 cm³/mol. The van der Waals surface area contributed by atoms with E-state index in [1.807, 2.05) is 30.3 Å². The second-order valence-corrected chi connectivity index (χ2v) is 7.09. The summed E-state index contributed by atoms with van der Waals surface area (Å²) in [5, 5.41) is 3.65. The van der Waals surface area contributed by atoms with E-state index in [0.717, 1.165) is 42.9 Å². The average Bonchev–Trinajstić information content (AvgIpc) is 2.72. The minimum atomic E-state index is -0.287. The SMILES string of the molecule is CN1CCN(c2cc(CNC(=O)c3cc(=O)[nH]c4ccccc34)ccn2)CC1. The van der Waals surface area contributed by atoms with E-state index in [2.05, 4.69) is 32.1 Å². The second-order valence-electron chi connectivity index (χ2n) is 7.09. The topological polar surface area (TPSA) is 81.3 Å². The van der Waals surface area contributed by atoms with Crippen LogP contribution in [0, 0.1) is 0 Å². The van der Waals surface area contributed by atoms with E-state index >= 15 is 0 Å². The zero-order valence-electron chi connectivity index (χ0n) is 15.8. The van der Waals surface area contributed by atoms with E-state index in [4.69, 9.17) is 0 Å². The maximum atomic E-state index is 12.7. The molecule has 7 nitrogen and oxygen atoms in total. The van der Waals surface area contributed by atoms with Crippen LogP contribution < -0.4 is 15.8 Å². The number of aromatic amines is 1. The Hall–Kier alpha value is -3.19. The molecule has 0 unspecified atom stereocenters. The smallest absolute Gasteiger partial charge is 0.252 e. The van der Waals surface area contributed by atoms with Gasteiger partial charge in [0.25, 0.3) is 5.91 Å². The van der Waals surface area contributed by atoms with Crippen molar-refractivity contribution >= 4 is 22.6 Å². The van der Waals surface area contributed by atoms with Gasteiger partial charge in [0, 0.05) is 55.9 Å². The fraction of sp³-hybridized carbons (Fsp3) is 0.286. The van der Waals surface area contributed by atoms with Gasteiger partial charge >= 0.3 is 0 Å². The molecular formula is C21H23N5O2. The lowest BCUT2D eigenvalue weighted by molar-refractivity contribution is 0.0952. The third-order valence-corrected chi connectivity index (χ3v) is 5.09. The molecule has 3 heterocycles. The Morgan fingerprint density at radius 2 is 1.93 bits per heavy atom. The summed E-state index contributed by atoms with van der Waals surface area (Å²) in [5.74, 6) is 0.668. The third kappa shape index (κ3) is 3.89.